The van der Waals surface area contributed by atoms with Crippen LogP contribution in [-0.2, 0) is 4.79 Å². The standard InChI is InChI=1S/C24H50N2O/c1-5-6-7-8-9-10-11-12-13-14-15-16-17-18-19-20-21-24(27)25-22-23-26(2,3)4/h5-23H2,1-4H3/p+1. The highest BCUT2D eigenvalue weighted by Gasteiger charge is 2.07. The number of likely N-dealkylation sites (N-methyl/N-ethyl adjacent to an activating group) is 1. The molecule has 1 N–H and O–H groups in total. The van der Waals surface area contributed by atoms with Gasteiger partial charge in [0.1, 0.15) is 0 Å². The zero-order chi connectivity index (χ0) is 20.2. The minimum Gasteiger partial charge on any atom is -0.350 e. The largest absolute Gasteiger partial charge is 0.350 e. The fourth-order valence-corrected chi connectivity index (χ4v) is 3.45. The van der Waals surface area contributed by atoms with Crippen LogP contribution in [0.15, 0.2) is 0 Å². The van der Waals surface area contributed by atoms with Crippen molar-refractivity contribution in [3.8, 4) is 0 Å². The predicted molar refractivity (Wildman–Crippen MR) is 120 cm³/mol. The Labute approximate surface area is 171 Å². The molecular formula is C24H51N2O+. The summed E-state index contributed by atoms with van der Waals surface area (Å²) < 4.78 is 0.902. The molecule has 0 bridgehead atoms. The van der Waals surface area contributed by atoms with E-state index >= 15 is 0 Å². The molecule has 3 nitrogen and oxygen atoms in total. The molecule has 0 aliphatic heterocycles. The maximum absolute atomic E-state index is 11.8. The van der Waals surface area contributed by atoms with E-state index in [2.05, 4.69) is 33.4 Å². The first kappa shape index (κ1) is 26.4. The fourth-order valence-electron chi connectivity index (χ4n) is 3.45. The molecule has 0 unspecified atom stereocenters. The highest BCUT2D eigenvalue weighted by atomic mass is 16.1. The van der Waals surface area contributed by atoms with E-state index in [-0.39, 0.29) is 5.91 Å². The molecule has 0 rings (SSSR count). The summed E-state index contributed by atoms with van der Waals surface area (Å²) in [5, 5.41) is 3.04. The maximum atomic E-state index is 11.8. The van der Waals surface area contributed by atoms with E-state index in [0.717, 1.165) is 24.0 Å². The number of amides is 1. The average molecular weight is 384 g/mol. The Morgan fingerprint density at radius 2 is 1.00 bits per heavy atom. The van der Waals surface area contributed by atoms with Crippen molar-refractivity contribution < 1.29 is 9.28 Å². The summed E-state index contributed by atoms with van der Waals surface area (Å²) in [6.07, 6.45) is 22.7. The maximum Gasteiger partial charge on any atom is 0.220 e. The lowest BCUT2D eigenvalue weighted by atomic mass is 10.0. The van der Waals surface area contributed by atoms with Crippen molar-refractivity contribution in [1.82, 2.24) is 5.32 Å². The molecule has 0 heterocycles. The van der Waals surface area contributed by atoms with E-state index < -0.39 is 0 Å². The lowest BCUT2D eigenvalue weighted by Crippen LogP contribution is -2.41. The third-order valence-electron chi connectivity index (χ3n) is 5.36. The molecule has 0 spiro atoms. The highest BCUT2D eigenvalue weighted by molar-refractivity contribution is 5.75. The quantitative estimate of drug-likeness (QED) is 0.190. The Kier molecular flexibility index (Phi) is 18.4. The topological polar surface area (TPSA) is 29.1 Å². The second-order valence-electron chi connectivity index (χ2n) is 9.42. The van der Waals surface area contributed by atoms with E-state index in [1.54, 1.807) is 0 Å². The predicted octanol–water partition coefficient (Wildman–Crippen LogP) is 6.46. The Morgan fingerprint density at radius 3 is 1.37 bits per heavy atom. The van der Waals surface area contributed by atoms with Gasteiger partial charge in [-0.25, -0.2) is 0 Å². The summed E-state index contributed by atoms with van der Waals surface area (Å²) in [5.41, 5.74) is 0. The molecule has 0 saturated heterocycles. The first-order valence-electron chi connectivity index (χ1n) is 12.0. The number of nitrogens with one attached hydrogen (secondary N) is 1. The van der Waals surface area contributed by atoms with Gasteiger partial charge >= 0.3 is 0 Å². The zero-order valence-electron chi connectivity index (χ0n) is 19.3. The van der Waals surface area contributed by atoms with Crippen molar-refractivity contribution in [1.29, 1.82) is 0 Å². The summed E-state index contributed by atoms with van der Waals surface area (Å²) in [6, 6.07) is 0. The van der Waals surface area contributed by atoms with Crippen LogP contribution in [0.25, 0.3) is 0 Å². The smallest absolute Gasteiger partial charge is 0.220 e. The van der Waals surface area contributed by atoms with Crippen LogP contribution in [-0.4, -0.2) is 44.6 Å². The molecule has 27 heavy (non-hydrogen) atoms. The molecule has 0 saturated carbocycles. The van der Waals surface area contributed by atoms with Crippen molar-refractivity contribution in [2.24, 2.45) is 0 Å². The Balaban J connectivity index is 3.15. The molecular weight excluding hydrogens is 332 g/mol. The first-order chi connectivity index (χ1) is 13.0. The number of quaternary nitrogens is 1. The first-order valence-corrected chi connectivity index (χ1v) is 12.0. The summed E-state index contributed by atoms with van der Waals surface area (Å²) in [4.78, 5) is 11.8. The SMILES string of the molecule is CCCCCCCCCCCCCCCCCCC(=O)NCC[N+](C)(C)C. The third-order valence-corrected chi connectivity index (χ3v) is 5.36. The Hall–Kier alpha value is -0.570. The molecule has 0 atom stereocenters. The molecule has 0 aliphatic rings. The van der Waals surface area contributed by atoms with E-state index in [4.69, 9.17) is 0 Å². The van der Waals surface area contributed by atoms with Crippen molar-refractivity contribution >= 4 is 5.91 Å². The number of carbonyl (C=O) groups is 1. The van der Waals surface area contributed by atoms with E-state index in [9.17, 15) is 4.79 Å². The van der Waals surface area contributed by atoms with Gasteiger partial charge in [-0.2, -0.15) is 0 Å². The van der Waals surface area contributed by atoms with Crippen LogP contribution >= 0.6 is 0 Å². The molecule has 0 radical (unpaired) electrons. The second kappa shape index (κ2) is 18.8. The van der Waals surface area contributed by atoms with Gasteiger partial charge in [0.25, 0.3) is 0 Å². The number of rotatable bonds is 20. The summed E-state index contributed by atoms with van der Waals surface area (Å²) in [5.74, 6) is 0.230. The van der Waals surface area contributed by atoms with Crippen molar-refractivity contribution in [3.63, 3.8) is 0 Å². The Bertz CT molecular complexity index is 323. The van der Waals surface area contributed by atoms with E-state index in [0.29, 0.717) is 6.42 Å². The minimum absolute atomic E-state index is 0.230. The summed E-state index contributed by atoms with van der Waals surface area (Å²) in [6.45, 7) is 4.07. The lowest BCUT2D eigenvalue weighted by Gasteiger charge is -2.23. The van der Waals surface area contributed by atoms with Gasteiger partial charge in [0.15, 0.2) is 0 Å². The molecule has 0 fully saturated rings. The van der Waals surface area contributed by atoms with Crippen LogP contribution in [0.3, 0.4) is 0 Å². The van der Waals surface area contributed by atoms with Gasteiger partial charge in [-0.15, -0.1) is 0 Å². The number of carbonyl (C=O) groups excluding carboxylic acids is 1. The lowest BCUT2D eigenvalue weighted by molar-refractivity contribution is -0.869. The molecule has 3 heteroatoms. The van der Waals surface area contributed by atoms with E-state index in [1.807, 2.05) is 0 Å². The number of hydrogen-bond acceptors (Lipinski definition) is 1. The van der Waals surface area contributed by atoms with Gasteiger partial charge in [-0.05, 0) is 6.42 Å². The fraction of sp³-hybridized carbons (Fsp3) is 0.958. The molecule has 0 aromatic rings. The zero-order valence-corrected chi connectivity index (χ0v) is 19.3. The molecule has 1 amide bonds. The van der Waals surface area contributed by atoms with Gasteiger partial charge in [-0.3, -0.25) is 4.79 Å². The molecule has 162 valence electrons. The van der Waals surface area contributed by atoms with Gasteiger partial charge in [-0.1, -0.05) is 103 Å². The van der Waals surface area contributed by atoms with Crippen LogP contribution in [0.4, 0.5) is 0 Å². The number of nitrogens with zero attached hydrogens (tertiary/aromatic N) is 1. The van der Waals surface area contributed by atoms with Crippen LogP contribution in [0.2, 0.25) is 0 Å². The van der Waals surface area contributed by atoms with Crippen LogP contribution in [0.1, 0.15) is 116 Å². The van der Waals surface area contributed by atoms with Crippen molar-refractivity contribution in [2.75, 3.05) is 34.2 Å². The molecule has 0 aromatic heterocycles. The van der Waals surface area contributed by atoms with Crippen LogP contribution < -0.4 is 5.32 Å². The average Bonchev–Trinajstić information content (AvgIpc) is 2.60. The normalized spacial score (nSPS) is 11.7. The van der Waals surface area contributed by atoms with Gasteiger partial charge < -0.3 is 9.80 Å². The Morgan fingerprint density at radius 1 is 0.630 bits per heavy atom. The van der Waals surface area contributed by atoms with Gasteiger partial charge in [0.05, 0.1) is 34.2 Å². The van der Waals surface area contributed by atoms with Crippen molar-refractivity contribution in [2.45, 2.75) is 116 Å². The van der Waals surface area contributed by atoms with Crippen LogP contribution in [0, 0.1) is 0 Å². The van der Waals surface area contributed by atoms with Gasteiger partial charge in [0.2, 0.25) is 5.91 Å². The van der Waals surface area contributed by atoms with Gasteiger partial charge in [0, 0.05) is 6.42 Å². The summed E-state index contributed by atoms with van der Waals surface area (Å²) >= 11 is 0. The third kappa shape index (κ3) is 23.4. The molecule has 0 aromatic carbocycles. The van der Waals surface area contributed by atoms with Crippen molar-refractivity contribution in [3.05, 3.63) is 0 Å². The number of hydrogen-bond donors (Lipinski definition) is 1. The minimum atomic E-state index is 0.230. The van der Waals surface area contributed by atoms with Crippen LogP contribution in [0.5, 0.6) is 0 Å². The molecule has 0 aliphatic carbocycles. The summed E-state index contributed by atoms with van der Waals surface area (Å²) in [7, 11) is 6.46. The monoisotopic (exact) mass is 383 g/mol. The van der Waals surface area contributed by atoms with E-state index in [1.165, 1.54) is 96.3 Å². The highest BCUT2D eigenvalue weighted by Crippen LogP contribution is 2.14. The second-order valence-corrected chi connectivity index (χ2v) is 9.42. The number of unbranched alkanes of at least 4 members (excludes halogenated alkanes) is 15.